The van der Waals surface area contributed by atoms with Crippen molar-refractivity contribution in [1.82, 2.24) is 24.7 Å². The number of halogens is 3. The maximum atomic E-state index is 12.5. The van der Waals surface area contributed by atoms with Crippen LogP contribution in [0.25, 0.3) is 5.65 Å². The Morgan fingerprint density at radius 3 is 2.44 bits per heavy atom. The zero-order valence-electron chi connectivity index (χ0n) is 13.7. The highest BCUT2D eigenvalue weighted by molar-refractivity contribution is 5.38. The Labute approximate surface area is 142 Å². The molecule has 4 rings (SSSR count). The van der Waals surface area contributed by atoms with Crippen LogP contribution in [-0.2, 0) is 0 Å². The van der Waals surface area contributed by atoms with Crippen molar-refractivity contribution in [2.45, 2.75) is 49.8 Å². The minimum Gasteiger partial charge on any atom is -0.382 e. The molecule has 2 aliphatic rings. The maximum absolute atomic E-state index is 12.5. The number of likely N-dealkylation sites (tertiary alicyclic amines) is 1. The van der Waals surface area contributed by atoms with Gasteiger partial charge in [-0.25, -0.2) is 0 Å². The van der Waals surface area contributed by atoms with Crippen molar-refractivity contribution < 1.29 is 18.3 Å². The van der Waals surface area contributed by atoms with Crippen LogP contribution in [0.3, 0.4) is 0 Å². The molecular weight excluding hydrogens is 335 g/mol. The van der Waals surface area contributed by atoms with Crippen LogP contribution in [0, 0.1) is 0 Å². The minimum atomic E-state index is -4.57. The number of hydrogen-bond acceptors (Lipinski definition) is 5. The number of piperidine rings is 1. The number of fused-ring (bicyclic) bond motifs is 1. The second-order valence-corrected chi connectivity index (χ2v) is 6.99. The molecular formula is C16H20F3N5O. The Morgan fingerprint density at radius 2 is 1.80 bits per heavy atom. The highest BCUT2D eigenvalue weighted by atomic mass is 19.4. The summed E-state index contributed by atoms with van der Waals surface area (Å²) in [6, 6.07) is 3.92. The molecule has 1 saturated heterocycles. The maximum Gasteiger partial charge on any atom is 0.415 e. The van der Waals surface area contributed by atoms with Crippen molar-refractivity contribution in [2.24, 2.45) is 0 Å². The molecule has 6 nitrogen and oxygen atoms in total. The first-order valence-corrected chi connectivity index (χ1v) is 8.61. The smallest absolute Gasteiger partial charge is 0.382 e. The lowest BCUT2D eigenvalue weighted by Gasteiger charge is -2.32. The van der Waals surface area contributed by atoms with Crippen molar-refractivity contribution >= 4 is 5.65 Å². The van der Waals surface area contributed by atoms with Crippen LogP contribution >= 0.6 is 0 Å². The number of alkyl halides is 3. The largest absolute Gasteiger partial charge is 0.415 e. The fraction of sp³-hybridized carbons (Fsp3) is 0.688. The second-order valence-electron chi connectivity index (χ2n) is 6.99. The summed E-state index contributed by atoms with van der Waals surface area (Å²) in [6.07, 6.45) is -3.17. The van der Waals surface area contributed by atoms with Gasteiger partial charge in [0.1, 0.15) is 0 Å². The summed E-state index contributed by atoms with van der Waals surface area (Å²) >= 11 is 0. The lowest BCUT2D eigenvalue weighted by atomic mass is 9.96. The fourth-order valence-corrected chi connectivity index (χ4v) is 3.39. The van der Waals surface area contributed by atoms with Gasteiger partial charge in [-0.1, -0.05) is 0 Å². The van der Waals surface area contributed by atoms with Crippen LogP contribution < -0.4 is 0 Å². The van der Waals surface area contributed by atoms with Crippen molar-refractivity contribution in [3.05, 3.63) is 23.7 Å². The molecule has 3 heterocycles. The Bertz CT molecular complexity index is 750. The number of rotatable bonds is 4. The molecule has 136 valence electrons. The molecule has 25 heavy (non-hydrogen) atoms. The molecule has 1 unspecified atom stereocenters. The molecule has 1 N–H and O–H groups in total. The number of nitrogens with zero attached hydrogens (tertiary/aromatic N) is 5. The third-order valence-corrected chi connectivity index (χ3v) is 5.06. The first-order chi connectivity index (χ1) is 11.9. The van der Waals surface area contributed by atoms with Gasteiger partial charge in [-0.05, 0) is 50.9 Å². The van der Waals surface area contributed by atoms with E-state index in [9.17, 15) is 18.3 Å². The minimum absolute atomic E-state index is 0.122. The lowest BCUT2D eigenvalue weighted by Crippen LogP contribution is -2.44. The van der Waals surface area contributed by atoms with E-state index in [2.05, 4.69) is 15.3 Å². The molecule has 0 radical (unpaired) electrons. The van der Waals surface area contributed by atoms with Gasteiger partial charge in [-0.2, -0.15) is 22.8 Å². The quantitative estimate of drug-likeness (QED) is 0.910. The average molecular weight is 355 g/mol. The highest BCUT2D eigenvalue weighted by Gasteiger charge is 2.39. The molecule has 1 aliphatic carbocycles. The van der Waals surface area contributed by atoms with Crippen molar-refractivity contribution in [3.8, 4) is 0 Å². The number of β-amino-alcohol motifs (C(OH)–C–C–N with tert-alkyl or cyclic N) is 1. The molecule has 2 aromatic rings. The first kappa shape index (κ1) is 16.7. The van der Waals surface area contributed by atoms with Gasteiger partial charge < -0.3 is 10.0 Å². The van der Waals surface area contributed by atoms with Crippen molar-refractivity contribution in [3.63, 3.8) is 0 Å². The first-order valence-electron chi connectivity index (χ1n) is 8.61. The fourth-order valence-electron chi connectivity index (χ4n) is 3.39. The van der Waals surface area contributed by atoms with Crippen LogP contribution in [0.15, 0.2) is 12.1 Å². The molecule has 0 bridgehead atoms. The van der Waals surface area contributed by atoms with Crippen LogP contribution in [-0.4, -0.2) is 61.7 Å². The molecule has 0 aromatic carbocycles. The second kappa shape index (κ2) is 6.21. The predicted molar refractivity (Wildman–Crippen MR) is 83.2 cm³/mol. The summed E-state index contributed by atoms with van der Waals surface area (Å²) in [7, 11) is 0. The van der Waals surface area contributed by atoms with Crippen LogP contribution in [0.4, 0.5) is 13.2 Å². The van der Waals surface area contributed by atoms with Gasteiger partial charge in [0.05, 0.1) is 5.69 Å². The Morgan fingerprint density at radius 1 is 1.08 bits per heavy atom. The molecule has 0 spiro atoms. The van der Waals surface area contributed by atoms with Crippen LogP contribution in [0.2, 0.25) is 0 Å². The van der Waals surface area contributed by atoms with Gasteiger partial charge in [0.15, 0.2) is 17.6 Å². The Kier molecular flexibility index (Phi) is 4.15. The van der Waals surface area contributed by atoms with E-state index in [0.29, 0.717) is 37.5 Å². The zero-order valence-corrected chi connectivity index (χ0v) is 13.7. The van der Waals surface area contributed by atoms with E-state index < -0.39 is 12.3 Å². The van der Waals surface area contributed by atoms with Crippen molar-refractivity contribution in [2.75, 3.05) is 19.6 Å². The van der Waals surface area contributed by atoms with E-state index >= 15 is 0 Å². The van der Waals surface area contributed by atoms with Gasteiger partial charge in [0, 0.05) is 18.4 Å². The third-order valence-electron chi connectivity index (χ3n) is 5.06. The molecule has 2 aromatic heterocycles. The van der Waals surface area contributed by atoms with Gasteiger partial charge in [-0.15, -0.1) is 10.2 Å². The Hall–Kier alpha value is -1.74. The summed E-state index contributed by atoms with van der Waals surface area (Å²) in [5, 5.41) is 22.3. The number of hydrogen-bond donors (Lipinski definition) is 1. The predicted octanol–water partition coefficient (Wildman–Crippen LogP) is 2.10. The standard InChI is InChI=1S/C16H20F3N5O/c17-16(18,19)13(25)9-23-7-5-11(6-8-23)15-21-20-14-4-3-12(10-1-2-10)22-24(14)15/h3-4,10-11,13,25H,1-2,5-9H2. The molecule has 9 heteroatoms. The number of aliphatic hydroxyl groups is 1. The third kappa shape index (κ3) is 3.48. The van der Waals surface area contributed by atoms with E-state index in [4.69, 9.17) is 0 Å². The molecule has 0 amide bonds. The summed E-state index contributed by atoms with van der Waals surface area (Å²) in [4.78, 5) is 1.65. The van der Waals surface area contributed by atoms with Gasteiger partial charge in [0.2, 0.25) is 0 Å². The van der Waals surface area contributed by atoms with E-state index in [-0.39, 0.29) is 12.5 Å². The lowest BCUT2D eigenvalue weighted by molar-refractivity contribution is -0.208. The van der Waals surface area contributed by atoms with Crippen LogP contribution in [0.5, 0.6) is 0 Å². The summed E-state index contributed by atoms with van der Waals surface area (Å²) in [6.45, 7) is 0.616. The molecule has 1 atom stereocenters. The summed E-state index contributed by atoms with van der Waals surface area (Å²) in [5.74, 6) is 1.44. The van der Waals surface area contributed by atoms with Gasteiger partial charge in [0.25, 0.3) is 0 Å². The van der Waals surface area contributed by atoms with Crippen LogP contribution in [0.1, 0.15) is 49.0 Å². The van der Waals surface area contributed by atoms with E-state index in [0.717, 1.165) is 24.4 Å². The van der Waals surface area contributed by atoms with Gasteiger partial charge >= 0.3 is 6.18 Å². The molecule has 1 saturated carbocycles. The summed E-state index contributed by atoms with van der Waals surface area (Å²) in [5.41, 5.74) is 1.76. The SMILES string of the molecule is OC(CN1CCC(c2nnc3ccc(C4CC4)nn23)CC1)C(F)(F)F. The van der Waals surface area contributed by atoms with E-state index in [1.54, 1.807) is 9.42 Å². The van der Waals surface area contributed by atoms with Crippen molar-refractivity contribution in [1.29, 1.82) is 0 Å². The summed E-state index contributed by atoms with van der Waals surface area (Å²) < 4.78 is 39.2. The number of aromatic nitrogens is 4. The molecule has 2 fully saturated rings. The monoisotopic (exact) mass is 355 g/mol. The average Bonchev–Trinajstić information content (AvgIpc) is 3.34. The number of aliphatic hydroxyl groups excluding tert-OH is 1. The topological polar surface area (TPSA) is 66.5 Å². The Balaban J connectivity index is 1.44. The highest BCUT2D eigenvalue weighted by Crippen LogP contribution is 2.39. The normalized spacial score (nSPS) is 21.8. The zero-order chi connectivity index (χ0) is 17.6. The van der Waals surface area contributed by atoms with E-state index in [1.165, 1.54) is 0 Å². The molecule has 1 aliphatic heterocycles. The van der Waals surface area contributed by atoms with Gasteiger partial charge in [-0.3, -0.25) is 0 Å². The van der Waals surface area contributed by atoms with E-state index in [1.807, 2.05) is 12.1 Å².